The van der Waals surface area contributed by atoms with Crippen LogP contribution in [0.1, 0.15) is 31.4 Å². The normalized spacial score (nSPS) is 22.4. The van der Waals surface area contributed by atoms with Gasteiger partial charge in [-0.3, -0.25) is 4.90 Å². The number of aliphatic hydroxyl groups is 1. The molecule has 2 unspecified atom stereocenters. The average Bonchev–Trinajstić information content (AvgIpc) is 2.40. The van der Waals surface area contributed by atoms with Crippen LogP contribution in [0.2, 0.25) is 5.02 Å². The molecular weight excluding hydrogens is 262 g/mol. The lowest BCUT2D eigenvalue weighted by molar-refractivity contribution is -0.00704. The van der Waals surface area contributed by atoms with E-state index in [1.807, 2.05) is 31.2 Å². The summed E-state index contributed by atoms with van der Waals surface area (Å²) in [6, 6.07) is 7.49. The molecule has 4 heteroatoms. The van der Waals surface area contributed by atoms with Gasteiger partial charge in [-0.2, -0.15) is 0 Å². The van der Waals surface area contributed by atoms with Crippen molar-refractivity contribution >= 4 is 11.6 Å². The Morgan fingerprint density at radius 1 is 1.47 bits per heavy atom. The largest absolute Gasteiger partial charge is 0.387 e. The van der Waals surface area contributed by atoms with Crippen LogP contribution in [0.4, 0.5) is 0 Å². The van der Waals surface area contributed by atoms with Crippen molar-refractivity contribution in [3.63, 3.8) is 0 Å². The van der Waals surface area contributed by atoms with Crippen molar-refractivity contribution < 1.29 is 9.84 Å². The molecule has 1 N–H and O–H groups in total. The lowest BCUT2D eigenvalue weighted by Gasteiger charge is -2.33. The Labute approximate surface area is 120 Å². The minimum absolute atomic E-state index is 0.303. The van der Waals surface area contributed by atoms with E-state index in [1.54, 1.807) is 0 Å². The van der Waals surface area contributed by atoms with Gasteiger partial charge in [0, 0.05) is 30.3 Å². The van der Waals surface area contributed by atoms with E-state index < -0.39 is 6.10 Å². The number of ether oxygens (including phenoxy) is 1. The van der Waals surface area contributed by atoms with E-state index in [0.29, 0.717) is 17.7 Å². The molecule has 1 aliphatic heterocycles. The summed E-state index contributed by atoms with van der Waals surface area (Å²) in [5.41, 5.74) is 0.808. The third-order valence-corrected chi connectivity index (χ3v) is 3.90. The number of halogens is 1. The van der Waals surface area contributed by atoms with Gasteiger partial charge in [0.05, 0.1) is 12.2 Å². The van der Waals surface area contributed by atoms with E-state index in [0.717, 1.165) is 38.1 Å². The zero-order valence-electron chi connectivity index (χ0n) is 11.4. The molecule has 2 rings (SSSR count). The molecule has 0 aliphatic carbocycles. The maximum Gasteiger partial charge on any atom is 0.0931 e. The third-order valence-electron chi connectivity index (χ3n) is 3.56. The molecule has 1 aliphatic rings. The monoisotopic (exact) mass is 283 g/mol. The van der Waals surface area contributed by atoms with Gasteiger partial charge in [0.25, 0.3) is 0 Å². The maximum atomic E-state index is 10.3. The topological polar surface area (TPSA) is 32.7 Å². The molecule has 106 valence electrons. The Hall–Kier alpha value is -0.610. The number of benzene rings is 1. The molecule has 1 aromatic carbocycles. The molecule has 3 nitrogen and oxygen atoms in total. The van der Waals surface area contributed by atoms with E-state index in [1.165, 1.54) is 0 Å². The fraction of sp³-hybridized carbons (Fsp3) is 0.600. The zero-order chi connectivity index (χ0) is 13.7. The number of β-amino-alcohol motifs (C(OH)–C–C–N with tert-alkyl or cyclic N) is 1. The summed E-state index contributed by atoms with van der Waals surface area (Å²) in [5.74, 6) is 0. The Kier molecular flexibility index (Phi) is 5.64. The predicted octanol–water partition coefficient (Wildman–Crippen LogP) is 2.87. The van der Waals surface area contributed by atoms with Crippen molar-refractivity contribution in [1.82, 2.24) is 4.90 Å². The molecule has 1 fully saturated rings. The summed E-state index contributed by atoms with van der Waals surface area (Å²) in [6.45, 7) is 5.32. The van der Waals surface area contributed by atoms with E-state index >= 15 is 0 Å². The lowest BCUT2D eigenvalue weighted by Crippen LogP contribution is -2.41. The fourth-order valence-electron chi connectivity index (χ4n) is 2.64. The molecule has 0 amide bonds. The van der Waals surface area contributed by atoms with Crippen LogP contribution in [-0.4, -0.2) is 42.4 Å². The summed E-state index contributed by atoms with van der Waals surface area (Å²) in [6.07, 6.45) is 2.01. The van der Waals surface area contributed by atoms with Crippen molar-refractivity contribution in [3.05, 3.63) is 34.9 Å². The first-order chi connectivity index (χ1) is 9.20. The molecule has 1 saturated heterocycles. The number of piperidine rings is 1. The van der Waals surface area contributed by atoms with Crippen LogP contribution in [0.15, 0.2) is 24.3 Å². The van der Waals surface area contributed by atoms with Gasteiger partial charge in [0.1, 0.15) is 0 Å². The second-order valence-corrected chi connectivity index (χ2v) is 5.42. The first kappa shape index (κ1) is 14.8. The number of likely N-dealkylation sites (tertiary alicyclic amines) is 1. The van der Waals surface area contributed by atoms with Crippen LogP contribution in [0.25, 0.3) is 0 Å². The lowest BCUT2D eigenvalue weighted by atomic mass is 10.1. The molecule has 0 aromatic heterocycles. The van der Waals surface area contributed by atoms with Gasteiger partial charge in [0.15, 0.2) is 0 Å². The minimum Gasteiger partial charge on any atom is -0.387 e. The Morgan fingerprint density at radius 3 is 3.00 bits per heavy atom. The highest BCUT2D eigenvalue weighted by atomic mass is 35.5. The van der Waals surface area contributed by atoms with Crippen LogP contribution >= 0.6 is 11.6 Å². The number of hydrogen-bond acceptors (Lipinski definition) is 3. The second kappa shape index (κ2) is 7.25. The predicted molar refractivity (Wildman–Crippen MR) is 77.5 cm³/mol. The smallest absolute Gasteiger partial charge is 0.0931 e. The standard InChI is InChI=1S/C15H22ClNO2/c1-2-19-12-6-5-9-17(10-12)11-15(18)13-7-3-4-8-14(13)16/h3-4,7-8,12,15,18H,2,5-6,9-11H2,1H3. The van der Waals surface area contributed by atoms with Gasteiger partial charge < -0.3 is 9.84 Å². The van der Waals surface area contributed by atoms with E-state index in [2.05, 4.69) is 4.90 Å². The molecule has 2 atom stereocenters. The molecule has 0 bridgehead atoms. The molecular formula is C15H22ClNO2. The highest BCUT2D eigenvalue weighted by Gasteiger charge is 2.23. The Morgan fingerprint density at radius 2 is 2.26 bits per heavy atom. The van der Waals surface area contributed by atoms with Gasteiger partial charge >= 0.3 is 0 Å². The third kappa shape index (κ3) is 4.18. The average molecular weight is 284 g/mol. The zero-order valence-corrected chi connectivity index (χ0v) is 12.1. The number of hydrogen-bond donors (Lipinski definition) is 1. The van der Waals surface area contributed by atoms with Crippen LogP contribution in [-0.2, 0) is 4.74 Å². The molecule has 0 radical (unpaired) electrons. The van der Waals surface area contributed by atoms with Gasteiger partial charge in [-0.15, -0.1) is 0 Å². The van der Waals surface area contributed by atoms with Crippen molar-refractivity contribution in [1.29, 1.82) is 0 Å². The van der Waals surface area contributed by atoms with Gasteiger partial charge in [0.2, 0.25) is 0 Å². The second-order valence-electron chi connectivity index (χ2n) is 5.02. The Balaban J connectivity index is 1.91. The van der Waals surface area contributed by atoms with Gasteiger partial charge in [-0.25, -0.2) is 0 Å². The highest BCUT2D eigenvalue weighted by Crippen LogP contribution is 2.24. The van der Waals surface area contributed by atoms with Crippen molar-refractivity contribution in [2.24, 2.45) is 0 Å². The van der Waals surface area contributed by atoms with Crippen molar-refractivity contribution in [2.45, 2.75) is 32.0 Å². The maximum absolute atomic E-state index is 10.3. The summed E-state index contributed by atoms with van der Waals surface area (Å²) in [4.78, 5) is 2.26. The van der Waals surface area contributed by atoms with E-state index in [4.69, 9.17) is 16.3 Å². The molecule has 0 saturated carbocycles. The van der Waals surface area contributed by atoms with Crippen molar-refractivity contribution in [3.8, 4) is 0 Å². The number of rotatable bonds is 5. The summed E-state index contributed by atoms with van der Waals surface area (Å²) in [7, 11) is 0. The van der Waals surface area contributed by atoms with Crippen LogP contribution < -0.4 is 0 Å². The first-order valence-corrected chi connectivity index (χ1v) is 7.35. The van der Waals surface area contributed by atoms with Crippen LogP contribution in [0, 0.1) is 0 Å². The van der Waals surface area contributed by atoms with E-state index in [9.17, 15) is 5.11 Å². The summed E-state index contributed by atoms with van der Waals surface area (Å²) < 4.78 is 5.67. The van der Waals surface area contributed by atoms with Crippen molar-refractivity contribution in [2.75, 3.05) is 26.2 Å². The highest BCUT2D eigenvalue weighted by molar-refractivity contribution is 6.31. The SMILES string of the molecule is CCOC1CCCN(CC(O)c2ccccc2Cl)C1. The number of nitrogens with zero attached hydrogens (tertiary/aromatic N) is 1. The van der Waals surface area contributed by atoms with Crippen LogP contribution in [0.5, 0.6) is 0 Å². The fourth-order valence-corrected chi connectivity index (χ4v) is 2.90. The molecule has 19 heavy (non-hydrogen) atoms. The summed E-state index contributed by atoms with van der Waals surface area (Å²) in [5, 5.41) is 10.9. The van der Waals surface area contributed by atoms with E-state index in [-0.39, 0.29) is 0 Å². The van der Waals surface area contributed by atoms with Gasteiger partial charge in [-0.05, 0) is 32.4 Å². The molecule has 1 heterocycles. The van der Waals surface area contributed by atoms with Gasteiger partial charge in [-0.1, -0.05) is 29.8 Å². The summed E-state index contributed by atoms with van der Waals surface area (Å²) >= 11 is 6.11. The van der Waals surface area contributed by atoms with Crippen LogP contribution in [0.3, 0.4) is 0 Å². The Bertz CT molecular complexity index is 397. The molecule has 0 spiro atoms. The minimum atomic E-state index is -0.533. The quantitative estimate of drug-likeness (QED) is 0.902. The molecule has 1 aromatic rings. The number of aliphatic hydroxyl groups excluding tert-OH is 1. The first-order valence-electron chi connectivity index (χ1n) is 6.97.